The molecule has 0 aromatic rings. The van der Waals surface area contributed by atoms with E-state index in [0.29, 0.717) is 32.6 Å². The number of hydrogen-bond donors (Lipinski definition) is 1. The second kappa shape index (κ2) is 12.4. The first-order valence-corrected chi connectivity index (χ1v) is 6.62. The van der Waals surface area contributed by atoms with E-state index < -0.39 is 0 Å². The largest absolute Gasteiger partial charge is 0.466 e. The van der Waals surface area contributed by atoms with Crippen LogP contribution in [0.5, 0.6) is 0 Å². The number of unbranched alkanes of at least 4 members (excludes halogenated alkanes) is 2. The quantitative estimate of drug-likeness (QED) is 0.452. The maximum absolute atomic E-state index is 11.3. The first kappa shape index (κ1) is 16.9. The van der Waals surface area contributed by atoms with Crippen LogP contribution >= 0.6 is 0 Å². The Bertz CT molecular complexity index is 231. The fraction of sp³-hybridized carbons (Fsp3) is 0.846. The average Bonchev–Trinajstić information content (AvgIpc) is 2.34. The molecule has 0 saturated carbocycles. The number of amides is 1. The summed E-state index contributed by atoms with van der Waals surface area (Å²) in [6.45, 7) is 3.54. The normalized spacial score (nSPS) is 10.1. The molecule has 0 aliphatic carbocycles. The van der Waals surface area contributed by atoms with Gasteiger partial charge in [0.2, 0.25) is 5.91 Å². The molecule has 106 valence electrons. The first-order chi connectivity index (χ1) is 8.70. The smallest absolute Gasteiger partial charge is 0.305 e. The molecule has 0 aliphatic rings. The summed E-state index contributed by atoms with van der Waals surface area (Å²) in [6.07, 6.45) is 4.38. The van der Waals surface area contributed by atoms with E-state index in [1.165, 1.54) is 0 Å². The summed E-state index contributed by atoms with van der Waals surface area (Å²) >= 11 is 0. The van der Waals surface area contributed by atoms with Crippen molar-refractivity contribution in [3.63, 3.8) is 0 Å². The van der Waals surface area contributed by atoms with E-state index in [2.05, 4.69) is 5.32 Å². The van der Waals surface area contributed by atoms with E-state index in [1.54, 1.807) is 14.0 Å². The Morgan fingerprint density at radius 1 is 1.06 bits per heavy atom. The number of esters is 1. The van der Waals surface area contributed by atoms with E-state index >= 15 is 0 Å². The van der Waals surface area contributed by atoms with Crippen LogP contribution in [0.1, 0.15) is 45.4 Å². The van der Waals surface area contributed by atoms with Crippen LogP contribution in [0.3, 0.4) is 0 Å². The van der Waals surface area contributed by atoms with Gasteiger partial charge in [0.1, 0.15) is 0 Å². The second-order valence-corrected chi connectivity index (χ2v) is 4.06. The molecule has 0 aliphatic heterocycles. The Kier molecular flexibility index (Phi) is 11.6. The minimum atomic E-state index is -0.138. The molecular formula is C13H25NO4. The van der Waals surface area contributed by atoms with Gasteiger partial charge in [-0.1, -0.05) is 6.42 Å². The number of methoxy groups -OCH3 is 1. The lowest BCUT2D eigenvalue weighted by atomic mass is 10.2. The number of rotatable bonds is 11. The summed E-state index contributed by atoms with van der Waals surface area (Å²) in [5, 5.41) is 2.84. The van der Waals surface area contributed by atoms with E-state index in [-0.39, 0.29) is 11.9 Å². The Labute approximate surface area is 109 Å². The van der Waals surface area contributed by atoms with E-state index in [9.17, 15) is 9.59 Å². The Morgan fingerprint density at radius 2 is 1.83 bits per heavy atom. The zero-order valence-electron chi connectivity index (χ0n) is 11.5. The molecule has 1 amide bonds. The lowest BCUT2D eigenvalue weighted by molar-refractivity contribution is -0.143. The minimum Gasteiger partial charge on any atom is -0.466 e. The fourth-order valence-electron chi connectivity index (χ4n) is 1.50. The van der Waals surface area contributed by atoms with Gasteiger partial charge in [0.05, 0.1) is 6.61 Å². The molecule has 0 rings (SSSR count). The highest BCUT2D eigenvalue weighted by atomic mass is 16.5. The highest BCUT2D eigenvalue weighted by Gasteiger charge is 2.02. The molecule has 0 fully saturated rings. The molecule has 0 saturated heterocycles. The van der Waals surface area contributed by atoms with Gasteiger partial charge in [0, 0.05) is 33.1 Å². The molecule has 0 unspecified atom stereocenters. The average molecular weight is 259 g/mol. The van der Waals surface area contributed by atoms with Gasteiger partial charge in [0.15, 0.2) is 0 Å². The third-order valence-corrected chi connectivity index (χ3v) is 2.44. The molecule has 0 atom stereocenters. The molecule has 0 aromatic carbocycles. The minimum absolute atomic E-state index is 0.0671. The number of ether oxygens (including phenoxy) is 2. The van der Waals surface area contributed by atoms with Gasteiger partial charge < -0.3 is 14.8 Å². The number of hydrogen-bond acceptors (Lipinski definition) is 4. The zero-order valence-corrected chi connectivity index (χ0v) is 11.5. The van der Waals surface area contributed by atoms with Crippen molar-refractivity contribution >= 4 is 11.9 Å². The first-order valence-electron chi connectivity index (χ1n) is 6.62. The van der Waals surface area contributed by atoms with Gasteiger partial charge in [-0.2, -0.15) is 0 Å². The summed E-state index contributed by atoms with van der Waals surface area (Å²) in [5.74, 6) is -0.0708. The van der Waals surface area contributed by atoms with Crippen molar-refractivity contribution in [2.45, 2.75) is 45.4 Å². The van der Waals surface area contributed by atoms with Gasteiger partial charge >= 0.3 is 5.97 Å². The molecule has 5 nitrogen and oxygen atoms in total. The Balaban J connectivity index is 3.24. The van der Waals surface area contributed by atoms with Crippen LogP contribution < -0.4 is 5.32 Å². The molecule has 18 heavy (non-hydrogen) atoms. The molecular weight excluding hydrogens is 234 g/mol. The third-order valence-electron chi connectivity index (χ3n) is 2.44. The van der Waals surface area contributed by atoms with Gasteiger partial charge in [-0.25, -0.2) is 0 Å². The summed E-state index contributed by atoms with van der Waals surface area (Å²) in [4.78, 5) is 22.3. The van der Waals surface area contributed by atoms with Crippen molar-refractivity contribution in [1.82, 2.24) is 5.32 Å². The fourth-order valence-corrected chi connectivity index (χ4v) is 1.50. The number of nitrogens with one attached hydrogen (secondary N) is 1. The lowest BCUT2D eigenvalue weighted by Gasteiger charge is -2.05. The topological polar surface area (TPSA) is 64.6 Å². The summed E-state index contributed by atoms with van der Waals surface area (Å²) in [5.41, 5.74) is 0. The predicted molar refractivity (Wildman–Crippen MR) is 69.2 cm³/mol. The monoisotopic (exact) mass is 259 g/mol. The van der Waals surface area contributed by atoms with Crippen LogP contribution in [0.15, 0.2) is 0 Å². The van der Waals surface area contributed by atoms with E-state index in [0.717, 1.165) is 25.7 Å². The Hall–Kier alpha value is -1.10. The van der Waals surface area contributed by atoms with Crippen LogP contribution in [0.4, 0.5) is 0 Å². The van der Waals surface area contributed by atoms with E-state index in [4.69, 9.17) is 9.47 Å². The molecule has 5 heteroatoms. The summed E-state index contributed by atoms with van der Waals surface area (Å²) in [7, 11) is 1.63. The maximum atomic E-state index is 11.3. The van der Waals surface area contributed by atoms with Gasteiger partial charge in [-0.3, -0.25) is 9.59 Å². The van der Waals surface area contributed by atoms with Crippen LogP contribution in [-0.2, 0) is 19.1 Å². The van der Waals surface area contributed by atoms with Crippen molar-refractivity contribution < 1.29 is 19.1 Å². The zero-order chi connectivity index (χ0) is 13.6. The maximum Gasteiger partial charge on any atom is 0.305 e. The van der Waals surface area contributed by atoms with Crippen molar-refractivity contribution in [1.29, 1.82) is 0 Å². The van der Waals surface area contributed by atoms with Crippen LogP contribution in [-0.4, -0.2) is 38.7 Å². The summed E-state index contributed by atoms with van der Waals surface area (Å²) in [6, 6.07) is 0. The predicted octanol–water partition coefficient (Wildman–Crippen LogP) is 1.65. The Morgan fingerprint density at radius 3 is 2.50 bits per heavy atom. The van der Waals surface area contributed by atoms with Crippen molar-refractivity contribution in [2.75, 3.05) is 26.9 Å². The van der Waals surface area contributed by atoms with Gasteiger partial charge in [-0.05, 0) is 26.2 Å². The van der Waals surface area contributed by atoms with Crippen LogP contribution in [0.2, 0.25) is 0 Å². The highest BCUT2D eigenvalue weighted by Crippen LogP contribution is 2.00. The molecule has 0 spiro atoms. The van der Waals surface area contributed by atoms with Gasteiger partial charge in [-0.15, -0.1) is 0 Å². The third kappa shape index (κ3) is 11.4. The second-order valence-electron chi connectivity index (χ2n) is 4.06. The van der Waals surface area contributed by atoms with Crippen molar-refractivity contribution in [3.8, 4) is 0 Å². The van der Waals surface area contributed by atoms with E-state index in [1.807, 2.05) is 0 Å². The SMILES string of the molecule is CCOC(=O)CCCCCNC(=O)CCCOC. The molecule has 0 radical (unpaired) electrons. The molecule has 1 N–H and O–H groups in total. The standard InChI is InChI=1S/C13H25NO4/c1-3-18-13(16)9-5-4-6-10-14-12(15)8-7-11-17-2/h3-11H2,1-2H3,(H,14,15). The molecule has 0 heterocycles. The lowest BCUT2D eigenvalue weighted by Crippen LogP contribution is -2.24. The highest BCUT2D eigenvalue weighted by molar-refractivity contribution is 5.75. The molecule has 0 bridgehead atoms. The number of carbonyl (C=O) groups excluding carboxylic acids is 2. The van der Waals surface area contributed by atoms with Crippen molar-refractivity contribution in [2.24, 2.45) is 0 Å². The van der Waals surface area contributed by atoms with Crippen LogP contribution in [0.25, 0.3) is 0 Å². The summed E-state index contributed by atoms with van der Waals surface area (Å²) < 4.78 is 9.69. The van der Waals surface area contributed by atoms with Crippen molar-refractivity contribution in [3.05, 3.63) is 0 Å². The number of carbonyl (C=O) groups is 2. The van der Waals surface area contributed by atoms with Gasteiger partial charge in [0.25, 0.3) is 0 Å². The van der Waals surface area contributed by atoms with Crippen LogP contribution in [0, 0.1) is 0 Å². The molecule has 0 aromatic heterocycles.